The van der Waals surface area contributed by atoms with E-state index in [0.29, 0.717) is 29.0 Å². The van der Waals surface area contributed by atoms with Gasteiger partial charge in [-0.1, -0.05) is 11.3 Å². The first-order valence-electron chi connectivity index (χ1n) is 6.65. The van der Waals surface area contributed by atoms with E-state index in [1.54, 1.807) is 0 Å². The lowest BCUT2D eigenvalue weighted by Gasteiger charge is -2.25. The van der Waals surface area contributed by atoms with Crippen molar-refractivity contribution in [3.63, 3.8) is 0 Å². The van der Waals surface area contributed by atoms with E-state index in [1.807, 2.05) is 0 Å². The fourth-order valence-corrected chi connectivity index (χ4v) is 2.71. The molecule has 0 aromatic carbocycles. The molecule has 0 spiro atoms. The number of aromatic nitrogens is 1. The molecule has 1 aromatic heterocycles. The molecule has 20 heavy (non-hydrogen) atoms. The SMILES string of the molecule is NC(=O)CCCNC(=O)c1sc(NC2CCC2)nc1N. The number of nitrogens with one attached hydrogen (secondary N) is 2. The summed E-state index contributed by atoms with van der Waals surface area (Å²) >= 11 is 1.26. The minimum Gasteiger partial charge on any atom is -0.382 e. The molecule has 1 saturated carbocycles. The van der Waals surface area contributed by atoms with Crippen LogP contribution in [0.1, 0.15) is 41.8 Å². The Bertz CT molecular complexity index is 498. The van der Waals surface area contributed by atoms with Crippen LogP contribution in [-0.4, -0.2) is 29.4 Å². The fourth-order valence-electron chi connectivity index (χ4n) is 1.83. The van der Waals surface area contributed by atoms with Gasteiger partial charge in [-0.25, -0.2) is 4.98 Å². The highest BCUT2D eigenvalue weighted by Crippen LogP contribution is 2.29. The third-order valence-corrected chi connectivity index (χ3v) is 4.18. The van der Waals surface area contributed by atoms with Crippen molar-refractivity contribution in [3.8, 4) is 0 Å². The molecule has 0 radical (unpaired) electrons. The maximum atomic E-state index is 11.9. The molecule has 7 nitrogen and oxygen atoms in total. The summed E-state index contributed by atoms with van der Waals surface area (Å²) in [5.41, 5.74) is 10.8. The van der Waals surface area contributed by atoms with E-state index in [1.165, 1.54) is 17.8 Å². The van der Waals surface area contributed by atoms with Gasteiger partial charge in [-0.3, -0.25) is 9.59 Å². The fraction of sp³-hybridized carbons (Fsp3) is 0.583. The molecule has 1 heterocycles. The number of hydrogen-bond donors (Lipinski definition) is 4. The normalized spacial score (nSPS) is 14.6. The Morgan fingerprint density at radius 3 is 2.75 bits per heavy atom. The van der Waals surface area contributed by atoms with Crippen molar-refractivity contribution in [2.45, 2.75) is 38.1 Å². The molecule has 0 saturated heterocycles. The molecule has 0 atom stereocenters. The monoisotopic (exact) mass is 297 g/mol. The number of nitrogen functional groups attached to an aromatic ring is 1. The van der Waals surface area contributed by atoms with Crippen LogP contribution in [0.3, 0.4) is 0 Å². The predicted octanol–water partition coefficient (Wildman–Crippen LogP) is 0.685. The Kier molecular flexibility index (Phi) is 4.78. The summed E-state index contributed by atoms with van der Waals surface area (Å²) < 4.78 is 0. The average Bonchev–Trinajstić information content (AvgIpc) is 2.70. The summed E-state index contributed by atoms with van der Waals surface area (Å²) in [5, 5.41) is 6.66. The highest BCUT2D eigenvalue weighted by atomic mass is 32.1. The molecule has 2 amide bonds. The second kappa shape index (κ2) is 6.56. The number of nitrogens with two attached hydrogens (primary N) is 2. The third kappa shape index (κ3) is 3.83. The summed E-state index contributed by atoms with van der Waals surface area (Å²) in [6, 6.07) is 0.451. The van der Waals surface area contributed by atoms with Crippen LogP contribution in [0.5, 0.6) is 0 Å². The number of rotatable bonds is 7. The Morgan fingerprint density at radius 2 is 2.15 bits per heavy atom. The van der Waals surface area contributed by atoms with E-state index in [0.717, 1.165) is 12.8 Å². The van der Waals surface area contributed by atoms with Crippen LogP contribution in [0.4, 0.5) is 10.9 Å². The van der Waals surface area contributed by atoms with Crippen LogP contribution in [0.15, 0.2) is 0 Å². The summed E-state index contributed by atoms with van der Waals surface area (Å²) in [7, 11) is 0. The second-order valence-electron chi connectivity index (χ2n) is 4.83. The van der Waals surface area contributed by atoms with Crippen LogP contribution < -0.4 is 22.1 Å². The maximum absolute atomic E-state index is 11.9. The molecule has 8 heteroatoms. The molecule has 0 aliphatic heterocycles. The first kappa shape index (κ1) is 14.6. The average molecular weight is 297 g/mol. The number of carbonyl (C=O) groups excluding carboxylic acids is 2. The van der Waals surface area contributed by atoms with Crippen molar-refractivity contribution < 1.29 is 9.59 Å². The standard InChI is InChI=1S/C12H19N5O2S/c13-8(18)5-2-6-15-11(19)9-10(14)17-12(20-9)16-7-3-1-4-7/h7H,1-6,14H2,(H2,13,18)(H,15,19)(H,16,17). The number of carbonyl (C=O) groups is 2. The van der Waals surface area contributed by atoms with Crippen molar-refractivity contribution in [2.24, 2.45) is 5.73 Å². The minimum atomic E-state index is -0.372. The van der Waals surface area contributed by atoms with Crippen molar-refractivity contribution >= 4 is 34.1 Å². The highest BCUT2D eigenvalue weighted by Gasteiger charge is 2.21. The zero-order valence-corrected chi connectivity index (χ0v) is 12.0. The van der Waals surface area contributed by atoms with Gasteiger partial charge in [-0.2, -0.15) is 0 Å². The van der Waals surface area contributed by atoms with E-state index >= 15 is 0 Å². The molecule has 0 bridgehead atoms. The van der Waals surface area contributed by atoms with Gasteiger partial charge >= 0.3 is 0 Å². The van der Waals surface area contributed by atoms with Gasteiger partial charge in [0.15, 0.2) is 5.13 Å². The molecular formula is C12H19N5O2S. The summed E-state index contributed by atoms with van der Waals surface area (Å²) in [6.45, 7) is 0.393. The van der Waals surface area contributed by atoms with E-state index in [9.17, 15) is 9.59 Å². The van der Waals surface area contributed by atoms with Crippen molar-refractivity contribution in [1.29, 1.82) is 0 Å². The number of hydrogen-bond acceptors (Lipinski definition) is 6. The van der Waals surface area contributed by atoms with E-state index in [4.69, 9.17) is 11.5 Å². The van der Waals surface area contributed by atoms with E-state index in [-0.39, 0.29) is 24.1 Å². The van der Waals surface area contributed by atoms with Gasteiger partial charge in [0, 0.05) is 19.0 Å². The Labute approximate surface area is 121 Å². The second-order valence-corrected chi connectivity index (χ2v) is 5.83. The maximum Gasteiger partial charge on any atom is 0.265 e. The minimum absolute atomic E-state index is 0.240. The first-order chi connectivity index (χ1) is 9.56. The highest BCUT2D eigenvalue weighted by molar-refractivity contribution is 7.18. The summed E-state index contributed by atoms with van der Waals surface area (Å²) in [5.74, 6) is -0.390. The third-order valence-electron chi connectivity index (χ3n) is 3.18. The number of nitrogens with zero attached hydrogens (tertiary/aromatic N) is 1. The molecule has 1 aliphatic rings. The van der Waals surface area contributed by atoms with Gasteiger partial charge in [0.25, 0.3) is 5.91 Å². The largest absolute Gasteiger partial charge is 0.382 e. The van der Waals surface area contributed by atoms with Crippen molar-refractivity contribution in [3.05, 3.63) is 4.88 Å². The molecule has 0 unspecified atom stereocenters. The zero-order chi connectivity index (χ0) is 14.5. The lowest BCUT2D eigenvalue weighted by molar-refractivity contribution is -0.118. The quantitative estimate of drug-likeness (QED) is 0.551. The molecule has 1 aliphatic carbocycles. The summed E-state index contributed by atoms with van der Waals surface area (Å²) in [4.78, 5) is 27.1. The van der Waals surface area contributed by atoms with Crippen LogP contribution in [-0.2, 0) is 4.79 Å². The first-order valence-corrected chi connectivity index (χ1v) is 7.47. The zero-order valence-electron chi connectivity index (χ0n) is 11.1. The van der Waals surface area contributed by atoms with Crippen molar-refractivity contribution in [1.82, 2.24) is 10.3 Å². The lowest BCUT2D eigenvalue weighted by Crippen LogP contribution is -2.26. The summed E-state index contributed by atoms with van der Waals surface area (Å²) in [6.07, 6.45) is 4.27. The Balaban J connectivity index is 1.83. The van der Waals surface area contributed by atoms with Gasteiger partial charge in [-0.15, -0.1) is 0 Å². The van der Waals surface area contributed by atoms with Crippen LogP contribution >= 0.6 is 11.3 Å². The molecule has 2 rings (SSSR count). The molecular weight excluding hydrogens is 278 g/mol. The molecule has 6 N–H and O–H groups in total. The van der Waals surface area contributed by atoms with Crippen molar-refractivity contribution in [2.75, 3.05) is 17.6 Å². The molecule has 1 aromatic rings. The molecule has 1 fully saturated rings. The van der Waals surface area contributed by atoms with E-state index in [2.05, 4.69) is 15.6 Å². The van der Waals surface area contributed by atoms with Gasteiger partial charge in [0.1, 0.15) is 10.7 Å². The van der Waals surface area contributed by atoms with E-state index < -0.39 is 0 Å². The Morgan fingerprint density at radius 1 is 1.40 bits per heavy atom. The molecule has 110 valence electrons. The topological polar surface area (TPSA) is 123 Å². The number of thiazole rings is 1. The Hall–Kier alpha value is -1.83. The van der Waals surface area contributed by atoms with Gasteiger partial charge in [0.05, 0.1) is 0 Å². The number of primary amides is 1. The van der Waals surface area contributed by atoms with Crippen LogP contribution in [0.25, 0.3) is 0 Å². The van der Waals surface area contributed by atoms with Gasteiger partial charge in [-0.05, 0) is 25.7 Å². The smallest absolute Gasteiger partial charge is 0.265 e. The van der Waals surface area contributed by atoms with Crippen LogP contribution in [0, 0.1) is 0 Å². The number of amides is 2. The number of anilines is 2. The van der Waals surface area contributed by atoms with Gasteiger partial charge in [0.2, 0.25) is 5.91 Å². The van der Waals surface area contributed by atoms with Crippen LogP contribution in [0.2, 0.25) is 0 Å². The van der Waals surface area contributed by atoms with Gasteiger partial charge < -0.3 is 22.1 Å². The predicted molar refractivity (Wildman–Crippen MR) is 78.5 cm³/mol. The lowest BCUT2D eigenvalue weighted by atomic mass is 9.93.